The van der Waals surface area contributed by atoms with E-state index >= 15 is 0 Å². The minimum absolute atomic E-state index is 0.127. The molecule has 0 heterocycles. The number of allylic oxidation sites excluding steroid dienone is 1. The largest absolute Gasteiger partial charge is 0.417 e. The Kier molecular flexibility index (Phi) is 11.1. The van der Waals surface area contributed by atoms with E-state index in [1.807, 2.05) is 6.92 Å². The van der Waals surface area contributed by atoms with Gasteiger partial charge in [0.15, 0.2) is 5.78 Å². The lowest BCUT2D eigenvalue weighted by Crippen LogP contribution is -2.19. The number of halogens is 9. The zero-order valence-corrected chi connectivity index (χ0v) is 22.7. The minimum Gasteiger partial charge on any atom is -0.294 e. The van der Waals surface area contributed by atoms with Gasteiger partial charge in [-0.15, -0.1) is 0 Å². The van der Waals surface area contributed by atoms with Crippen molar-refractivity contribution in [2.24, 2.45) is 5.92 Å². The van der Waals surface area contributed by atoms with Gasteiger partial charge in [0.1, 0.15) is 0 Å². The van der Waals surface area contributed by atoms with Crippen molar-refractivity contribution in [3.8, 4) is 0 Å². The lowest BCUT2D eigenvalue weighted by molar-refractivity contribution is -0.139. The molecule has 12 heteroatoms. The zero-order chi connectivity index (χ0) is 28.1. The van der Waals surface area contributed by atoms with Crippen molar-refractivity contribution in [3.05, 3.63) is 73.7 Å². The second kappa shape index (κ2) is 13.0. The second-order valence-corrected chi connectivity index (χ2v) is 11.3. The molecule has 2 nitrogen and oxygen atoms in total. The fraction of sp³-hybridized carbons (Fsp3) is 0.400. The van der Waals surface area contributed by atoms with Crippen molar-refractivity contribution >= 4 is 57.5 Å². The van der Waals surface area contributed by atoms with Gasteiger partial charge >= 0.3 is 12.4 Å². The van der Waals surface area contributed by atoms with E-state index in [1.54, 1.807) is 6.92 Å². The number of benzene rings is 2. The Bertz CT molecular complexity index is 1150. The van der Waals surface area contributed by atoms with Crippen LogP contribution in [0.25, 0.3) is 6.08 Å². The summed E-state index contributed by atoms with van der Waals surface area (Å²) in [5.41, 5.74) is -2.40. The molecule has 0 bridgehead atoms. The molecule has 2 aromatic rings. The molecule has 2 rings (SSSR count). The molecule has 0 saturated carbocycles. The Morgan fingerprint density at radius 2 is 1.62 bits per heavy atom. The first kappa shape index (κ1) is 31.7. The molecule has 37 heavy (non-hydrogen) atoms. The fourth-order valence-corrected chi connectivity index (χ4v) is 5.62. The number of carbonyl (C=O) groups excluding carboxylic acids is 1. The lowest BCUT2D eigenvalue weighted by Gasteiger charge is -2.19. The third-order valence-electron chi connectivity index (χ3n) is 5.28. The molecule has 0 N–H and O–H groups in total. The van der Waals surface area contributed by atoms with E-state index in [-0.39, 0.29) is 38.4 Å². The highest BCUT2D eigenvalue weighted by molar-refractivity contribution is 7.84. The van der Waals surface area contributed by atoms with Gasteiger partial charge in [0.25, 0.3) is 0 Å². The van der Waals surface area contributed by atoms with Crippen LogP contribution in [0, 0.1) is 5.92 Å². The molecular weight excluding hydrogens is 585 g/mol. The molecule has 0 amide bonds. The molecule has 0 aromatic heterocycles. The van der Waals surface area contributed by atoms with E-state index in [2.05, 4.69) is 0 Å². The molecule has 0 aliphatic carbocycles. The summed E-state index contributed by atoms with van der Waals surface area (Å²) in [7, 11) is -1.18. The molecule has 2 unspecified atom stereocenters. The van der Waals surface area contributed by atoms with Crippen LogP contribution in [0.4, 0.5) is 26.3 Å². The van der Waals surface area contributed by atoms with Gasteiger partial charge in [0, 0.05) is 34.3 Å². The third-order valence-corrected chi connectivity index (χ3v) is 8.29. The number of alkyl halides is 6. The number of hydrogen-bond donors (Lipinski definition) is 0. The maximum Gasteiger partial charge on any atom is 0.417 e. The van der Waals surface area contributed by atoms with Gasteiger partial charge in [-0.25, -0.2) is 0 Å². The van der Waals surface area contributed by atoms with Crippen LogP contribution in [-0.4, -0.2) is 27.7 Å². The van der Waals surface area contributed by atoms with Gasteiger partial charge in [-0.2, -0.15) is 26.3 Å². The van der Waals surface area contributed by atoms with Gasteiger partial charge in [-0.05, 0) is 41.7 Å². The summed E-state index contributed by atoms with van der Waals surface area (Å²) in [6.45, 7) is 3.47. The summed E-state index contributed by atoms with van der Waals surface area (Å²) >= 11 is 17.5. The van der Waals surface area contributed by atoms with Crippen LogP contribution in [0.15, 0.2) is 36.4 Å². The summed E-state index contributed by atoms with van der Waals surface area (Å²) in [6, 6.07) is 4.66. The van der Waals surface area contributed by atoms with Crippen molar-refractivity contribution in [2.75, 3.05) is 11.5 Å². The molecule has 0 spiro atoms. The van der Waals surface area contributed by atoms with E-state index in [9.17, 15) is 35.3 Å². The van der Waals surface area contributed by atoms with Crippen LogP contribution in [0.3, 0.4) is 0 Å². The average Bonchev–Trinajstić information content (AvgIpc) is 2.75. The SMILES string of the molecule is CCCS(=O)C[C@@H](C)CC(=O)c1ccc(/C=C/C(c2cc(Cl)c(Cl)c(Cl)c2)C(F)(F)F)cc1C(F)(F)F. The first-order chi connectivity index (χ1) is 17.0. The van der Waals surface area contributed by atoms with Crippen LogP contribution < -0.4 is 0 Å². The first-order valence-corrected chi connectivity index (χ1v) is 13.7. The molecule has 0 radical (unpaired) electrons. The monoisotopic (exact) mass is 606 g/mol. The van der Waals surface area contributed by atoms with Gasteiger partial charge in [0.2, 0.25) is 0 Å². The predicted octanol–water partition coefficient (Wildman–Crippen LogP) is 9.39. The summed E-state index contributed by atoms with van der Waals surface area (Å²) in [6.07, 6.45) is -7.75. The topological polar surface area (TPSA) is 34.1 Å². The van der Waals surface area contributed by atoms with Crippen molar-refractivity contribution in [1.29, 1.82) is 0 Å². The molecule has 204 valence electrons. The standard InChI is InChI=1S/C25H23Cl3F6O2S/c1-3-8-37(36)13-14(2)9-22(35)17-6-4-15(10-19(17)25(32,33)34)5-7-18(24(29,30)31)16-11-20(26)23(28)21(27)12-16/h4-7,10-12,14,18H,3,8-9,13H2,1-2H3/b7-5+/t14-,18?,37?/m0/s1. The van der Waals surface area contributed by atoms with E-state index in [4.69, 9.17) is 34.8 Å². The molecule has 0 fully saturated rings. The van der Waals surface area contributed by atoms with Crippen LogP contribution in [0.2, 0.25) is 15.1 Å². The Morgan fingerprint density at radius 1 is 1.03 bits per heavy atom. The van der Waals surface area contributed by atoms with Crippen LogP contribution in [-0.2, 0) is 17.0 Å². The van der Waals surface area contributed by atoms with Crippen LogP contribution in [0.1, 0.15) is 59.7 Å². The van der Waals surface area contributed by atoms with E-state index in [1.165, 1.54) is 0 Å². The van der Waals surface area contributed by atoms with Gasteiger partial charge < -0.3 is 0 Å². The molecule has 3 atom stereocenters. The van der Waals surface area contributed by atoms with Gasteiger partial charge in [-0.3, -0.25) is 9.00 Å². The predicted molar refractivity (Wildman–Crippen MR) is 137 cm³/mol. The first-order valence-electron chi connectivity index (χ1n) is 11.0. The van der Waals surface area contributed by atoms with Gasteiger partial charge in [-0.1, -0.05) is 72.9 Å². The molecule has 0 aliphatic rings. The van der Waals surface area contributed by atoms with E-state index in [0.29, 0.717) is 24.3 Å². The number of carbonyl (C=O) groups is 1. The van der Waals surface area contributed by atoms with E-state index in [0.717, 1.165) is 30.3 Å². The van der Waals surface area contributed by atoms with E-state index < -0.39 is 51.9 Å². The quantitative estimate of drug-likeness (QED) is 0.153. The van der Waals surface area contributed by atoms with Crippen molar-refractivity contribution in [1.82, 2.24) is 0 Å². The summed E-state index contributed by atoms with van der Waals surface area (Å²) in [5, 5.41) is -0.540. The molecule has 2 aromatic carbocycles. The highest BCUT2D eigenvalue weighted by Crippen LogP contribution is 2.41. The van der Waals surface area contributed by atoms with Crippen molar-refractivity contribution < 1.29 is 35.3 Å². The maximum absolute atomic E-state index is 13.8. The fourth-order valence-electron chi connectivity index (χ4n) is 3.63. The number of rotatable bonds is 10. The van der Waals surface area contributed by atoms with Crippen LogP contribution >= 0.6 is 34.8 Å². The maximum atomic E-state index is 13.8. The summed E-state index contributed by atoms with van der Waals surface area (Å²) < 4.78 is 94.5. The highest BCUT2D eigenvalue weighted by Gasteiger charge is 2.40. The Balaban J connectivity index is 2.39. The number of Topliss-reactive ketones (excluding diaryl/α,β-unsaturated/α-hetero) is 1. The molecular formula is C25H23Cl3F6O2S. The van der Waals surface area contributed by atoms with Crippen molar-refractivity contribution in [3.63, 3.8) is 0 Å². The Hall–Kier alpha value is -1.55. The summed E-state index contributed by atoms with van der Waals surface area (Å²) in [5.74, 6) is -2.83. The summed E-state index contributed by atoms with van der Waals surface area (Å²) in [4.78, 5) is 12.6. The van der Waals surface area contributed by atoms with Crippen LogP contribution in [0.5, 0.6) is 0 Å². The normalized spacial score (nSPS) is 15.1. The average molecular weight is 608 g/mol. The minimum atomic E-state index is -4.93. The second-order valence-electron chi connectivity index (χ2n) is 8.52. The third kappa shape index (κ3) is 9.01. The Morgan fingerprint density at radius 3 is 2.14 bits per heavy atom. The number of ketones is 1. The zero-order valence-electron chi connectivity index (χ0n) is 19.7. The molecule has 0 saturated heterocycles. The van der Waals surface area contributed by atoms with Crippen molar-refractivity contribution in [2.45, 2.75) is 45.0 Å². The smallest absolute Gasteiger partial charge is 0.294 e. The molecule has 0 aliphatic heterocycles. The Labute approximate surface area is 228 Å². The lowest BCUT2D eigenvalue weighted by atomic mass is 9.93. The number of hydrogen-bond acceptors (Lipinski definition) is 2. The highest BCUT2D eigenvalue weighted by atomic mass is 35.5. The van der Waals surface area contributed by atoms with Gasteiger partial charge in [0.05, 0.1) is 26.5 Å².